The molecule has 0 N–H and O–H groups in total. The van der Waals surface area contributed by atoms with Gasteiger partial charge in [-0.2, -0.15) is 0 Å². The van der Waals surface area contributed by atoms with Gasteiger partial charge in [-0.05, 0) is 37.6 Å². The molecule has 1 heterocycles. The van der Waals surface area contributed by atoms with Gasteiger partial charge in [0.1, 0.15) is 23.8 Å². The Morgan fingerprint density at radius 3 is 2.38 bits per heavy atom. The van der Waals surface area contributed by atoms with Crippen molar-refractivity contribution >= 4 is 6.29 Å². The average molecular weight is 289 g/mol. The third-order valence-electron chi connectivity index (χ3n) is 2.92. The van der Waals surface area contributed by atoms with E-state index in [1.54, 1.807) is 4.68 Å². The SMILES string of the molecule is CCCn1nnc(C=O)c1COc1ccc(OCC)cc1. The molecule has 1 aromatic carbocycles. The van der Waals surface area contributed by atoms with Gasteiger partial charge < -0.3 is 9.47 Å². The summed E-state index contributed by atoms with van der Waals surface area (Å²) in [5.41, 5.74) is 1.02. The number of aryl methyl sites for hydroxylation is 1. The molecule has 2 aromatic rings. The van der Waals surface area contributed by atoms with Crippen LogP contribution in [-0.2, 0) is 13.2 Å². The maximum absolute atomic E-state index is 11.0. The van der Waals surface area contributed by atoms with Gasteiger partial charge in [-0.15, -0.1) is 5.10 Å². The van der Waals surface area contributed by atoms with Crippen molar-refractivity contribution in [2.45, 2.75) is 33.4 Å². The molecule has 0 saturated carbocycles. The minimum atomic E-state index is 0.259. The van der Waals surface area contributed by atoms with Crippen molar-refractivity contribution in [2.24, 2.45) is 0 Å². The van der Waals surface area contributed by atoms with Crippen LogP contribution in [0.3, 0.4) is 0 Å². The van der Waals surface area contributed by atoms with Gasteiger partial charge in [0, 0.05) is 6.54 Å². The fraction of sp³-hybridized carbons (Fsp3) is 0.400. The molecule has 6 heteroatoms. The van der Waals surface area contributed by atoms with Gasteiger partial charge in [0.25, 0.3) is 0 Å². The van der Waals surface area contributed by atoms with Crippen molar-refractivity contribution in [3.8, 4) is 11.5 Å². The number of aromatic nitrogens is 3. The van der Waals surface area contributed by atoms with Gasteiger partial charge in [-0.25, -0.2) is 4.68 Å². The molecule has 0 aliphatic carbocycles. The summed E-state index contributed by atoms with van der Waals surface area (Å²) in [7, 11) is 0. The van der Waals surface area contributed by atoms with Crippen molar-refractivity contribution in [1.82, 2.24) is 15.0 Å². The molecular formula is C15H19N3O3. The Labute approximate surface area is 123 Å². The standard InChI is InChI=1S/C15H19N3O3/c1-3-9-18-15(14(10-19)16-17-18)11-21-13-7-5-12(6-8-13)20-4-2/h5-8,10H,3-4,9,11H2,1-2H3. The van der Waals surface area contributed by atoms with Crippen LogP contribution >= 0.6 is 0 Å². The predicted molar refractivity (Wildman–Crippen MR) is 77.6 cm³/mol. The quantitative estimate of drug-likeness (QED) is 0.698. The summed E-state index contributed by atoms with van der Waals surface area (Å²) < 4.78 is 12.8. The number of hydrogen-bond acceptors (Lipinski definition) is 5. The Kier molecular flexibility index (Phi) is 5.31. The molecule has 0 amide bonds. The Morgan fingerprint density at radius 1 is 1.14 bits per heavy atom. The maximum Gasteiger partial charge on any atom is 0.172 e. The van der Waals surface area contributed by atoms with Crippen LogP contribution in [0.4, 0.5) is 0 Å². The number of carbonyl (C=O) groups excluding carboxylic acids is 1. The van der Waals surface area contributed by atoms with Crippen LogP contribution in [0.1, 0.15) is 36.5 Å². The van der Waals surface area contributed by atoms with E-state index in [1.807, 2.05) is 38.1 Å². The molecule has 0 aliphatic heterocycles. The molecule has 6 nitrogen and oxygen atoms in total. The van der Waals surface area contributed by atoms with Crippen molar-refractivity contribution < 1.29 is 14.3 Å². The van der Waals surface area contributed by atoms with E-state index < -0.39 is 0 Å². The van der Waals surface area contributed by atoms with Gasteiger partial charge in [0.05, 0.1) is 6.61 Å². The van der Waals surface area contributed by atoms with Crippen molar-refractivity contribution in [1.29, 1.82) is 0 Å². The molecule has 0 radical (unpaired) electrons. The molecule has 21 heavy (non-hydrogen) atoms. The first-order valence-corrected chi connectivity index (χ1v) is 7.01. The monoisotopic (exact) mass is 289 g/mol. The summed E-state index contributed by atoms with van der Waals surface area (Å²) in [4.78, 5) is 11.0. The number of aldehydes is 1. The average Bonchev–Trinajstić information content (AvgIpc) is 2.89. The van der Waals surface area contributed by atoms with E-state index in [9.17, 15) is 4.79 Å². The number of hydrogen-bond donors (Lipinski definition) is 0. The second-order valence-corrected chi connectivity index (χ2v) is 4.46. The molecule has 1 aromatic heterocycles. The summed E-state index contributed by atoms with van der Waals surface area (Å²) in [5.74, 6) is 1.51. The van der Waals surface area contributed by atoms with Gasteiger partial charge in [-0.1, -0.05) is 12.1 Å². The molecular weight excluding hydrogens is 270 g/mol. The number of carbonyl (C=O) groups is 1. The molecule has 0 fully saturated rings. The Morgan fingerprint density at radius 2 is 1.81 bits per heavy atom. The highest BCUT2D eigenvalue weighted by molar-refractivity contribution is 5.73. The number of ether oxygens (including phenoxy) is 2. The zero-order valence-electron chi connectivity index (χ0n) is 12.3. The van der Waals surface area contributed by atoms with E-state index in [2.05, 4.69) is 10.3 Å². The van der Waals surface area contributed by atoms with Crippen LogP contribution in [0.25, 0.3) is 0 Å². The molecule has 2 rings (SSSR count). The molecule has 0 aliphatic rings. The molecule has 0 atom stereocenters. The second kappa shape index (κ2) is 7.42. The van der Waals surface area contributed by atoms with Crippen LogP contribution in [-0.4, -0.2) is 27.9 Å². The van der Waals surface area contributed by atoms with Gasteiger partial charge >= 0.3 is 0 Å². The van der Waals surface area contributed by atoms with Gasteiger partial charge in [0.2, 0.25) is 0 Å². The normalized spacial score (nSPS) is 10.4. The lowest BCUT2D eigenvalue weighted by atomic mass is 10.3. The van der Waals surface area contributed by atoms with Crippen LogP contribution in [0.2, 0.25) is 0 Å². The van der Waals surface area contributed by atoms with Crippen LogP contribution in [0.15, 0.2) is 24.3 Å². The molecule has 0 bridgehead atoms. The third-order valence-corrected chi connectivity index (χ3v) is 2.92. The van der Waals surface area contributed by atoms with Gasteiger partial charge in [0.15, 0.2) is 12.0 Å². The lowest BCUT2D eigenvalue weighted by molar-refractivity contribution is 0.111. The summed E-state index contributed by atoms with van der Waals surface area (Å²) in [6.07, 6.45) is 1.62. The Hall–Kier alpha value is -2.37. The summed E-state index contributed by atoms with van der Waals surface area (Å²) in [6.45, 7) is 5.58. The second-order valence-electron chi connectivity index (χ2n) is 4.46. The van der Waals surface area contributed by atoms with E-state index in [1.165, 1.54) is 0 Å². The van der Waals surface area contributed by atoms with Crippen LogP contribution in [0.5, 0.6) is 11.5 Å². The largest absolute Gasteiger partial charge is 0.494 e. The minimum Gasteiger partial charge on any atom is -0.494 e. The first-order chi connectivity index (χ1) is 10.3. The highest BCUT2D eigenvalue weighted by Gasteiger charge is 2.12. The van der Waals surface area contributed by atoms with E-state index >= 15 is 0 Å². The van der Waals surface area contributed by atoms with Gasteiger partial charge in [-0.3, -0.25) is 4.79 Å². The fourth-order valence-electron chi connectivity index (χ4n) is 1.93. The van der Waals surface area contributed by atoms with E-state index in [4.69, 9.17) is 9.47 Å². The van der Waals surface area contributed by atoms with Crippen molar-refractivity contribution in [2.75, 3.05) is 6.61 Å². The van der Waals surface area contributed by atoms with Crippen molar-refractivity contribution in [3.05, 3.63) is 35.7 Å². The van der Waals surface area contributed by atoms with Crippen LogP contribution in [0, 0.1) is 0 Å². The Bertz CT molecular complexity index is 578. The highest BCUT2D eigenvalue weighted by Crippen LogP contribution is 2.19. The molecule has 0 saturated heterocycles. The fourth-order valence-corrected chi connectivity index (χ4v) is 1.93. The maximum atomic E-state index is 11.0. The van der Waals surface area contributed by atoms with Crippen molar-refractivity contribution in [3.63, 3.8) is 0 Å². The first kappa shape index (κ1) is 15.0. The topological polar surface area (TPSA) is 66.2 Å². The number of nitrogens with zero attached hydrogens (tertiary/aromatic N) is 3. The summed E-state index contributed by atoms with van der Waals surface area (Å²) in [5, 5.41) is 7.81. The summed E-state index contributed by atoms with van der Waals surface area (Å²) >= 11 is 0. The zero-order chi connectivity index (χ0) is 15.1. The summed E-state index contributed by atoms with van der Waals surface area (Å²) in [6, 6.07) is 7.36. The number of rotatable bonds is 8. The lowest BCUT2D eigenvalue weighted by Gasteiger charge is -2.09. The molecule has 0 unspecified atom stereocenters. The predicted octanol–water partition coefficient (Wildman–Crippen LogP) is 2.48. The minimum absolute atomic E-state index is 0.259. The molecule has 0 spiro atoms. The van der Waals surface area contributed by atoms with E-state index in [0.717, 1.165) is 12.2 Å². The van der Waals surface area contributed by atoms with Crippen LogP contribution < -0.4 is 9.47 Å². The lowest BCUT2D eigenvalue weighted by Crippen LogP contribution is -2.09. The highest BCUT2D eigenvalue weighted by atomic mass is 16.5. The first-order valence-electron chi connectivity index (χ1n) is 7.01. The van der Waals surface area contributed by atoms with E-state index in [-0.39, 0.29) is 6.61 Å². The smallest absolute Gasteiger partial charge is 0.172 e. The Balaban J connectivity index is 2.04. The molecule has 112 valence electrons. The van der Waals surface area contributed by atoms with E-state index in [0.29, 0.717) is 36.6 Å². The zero-order valence-corrected chi connectivity index (χ0v) is 12.3. The third kappa shape index (κ3) is 3.81. The number of benzene rings is 1.